The van der Waals surface area contributed by atoms with Gasteiger partial charge in [-0.05, 0) is 37.1 Å². The van der Waals surface area contributed by atoms with Gasteiger partial charge >= 0.3 is 0 Å². The molecule has 0 aromatic heterocycles. The Bertz CT molecular complexity index is 482. The summed E-state index contributed by atoms with van der Waals surface area (Å²) >= 11 is 0. The number of benzene rings is 1. The number of nitriles is 1. The van der Waals surface area contributed by atoms with E-state index in [-0.39, 0.29) is 11.5 Å². The van der Waals surface area contributed by atoms with Crippen LogP contribution in [0.2, 0.25) is 0 Å². The van der Waals surface area contributed by atoms with Gasteiger partial charge in [0.1, 0.15) is 6.07 Å². The van der Waals surface area contributed by atoms with Gasteiger partial charge in [-0.1, -0.05) is 6.07 Å². The van der Waals surface area contributed by atoms with Crippen molar-refractivity contribution in [3.63, 3.8) is 0 Å². The average molecular weight is 215 g/mol. The minimum absolute atomic E-state index is 0.127. The minimum atomic E-state index is -0.348. The molecule has 0 heterocycles. The molecular formula is C11H13N5. The zero-order valence-electron chi connectivity index (χ0n) is 9.20. The number of nitrogens with two attached hydrogens (primary N) is 1. The summed E-state index contributed by atoms with van der Waals surface area (Å²) in [7, 11) is 0. The van der Waals surface area contributed by atoms with Gasteiger partial charge in [-0.3, -0.25) is 10.8 Å². The van der Waals surface area contributed by atoms with Crippen molar-refractivity contribution in [1.29, 1.82) is 10.7 Å². The Morgan fingerprint density at radius 3 is 2.62 bits per heavy atom. The van der Waals surface area contributed by atoms with Crippen LogP contribution in [-0.2, 0) is 0 Å². The molecule has 82 valence electrons. The number of rotatable bonds is 3. The van der Waals surface area contributed by atoms with Crippen molar-refractivity contribution in [2.45, 2.75) is 13.8 Å². The molecule has 0 spiro atoms. The van der Waals surface area contributed by atoms with E-state index in [1.165, 1.54) is 5.56 Å². The maximum atomic E-state index is 8.63. The number of nitrogens with zero attached hydrogens (tertiary/aromatic N) is 2. The van der Waals surface area contributed by atoms with Gasteiger partial charge in [-0.25, -0.2) is 0 Å². The lowest BCUT2D eigenvalue weighted by Gasteiger charge is -2.04. The smallest absolute Gasteiger partial charge is 0.201 e. The Morgan fingerprint density at radius 2 is 2.12 bits per heavy atom. The predicted octanol–water partition coefficient (Wildman–Crippen LogP) is 1.53. The molecule has 0 unspecified atom stereocenters. The first-order chi connectivity index (χ1) is 7.54. The molecule has 0 atom stereocenters. The second-order valence-electron chi connectivity index (χ2n) is 3.40. The lowest BCUT2D eigenvalue weighted by Crippen LogP contribution is -2.21. The molecule has 4 N–H and O–H groups in total. The Morgan fingerprint density at radius 1 is 1.44 bits per heavy atom. The molecule has 16 heavy (non-hydrogen) atoms. The van der Waals surface area contributed by atoms with Gasteiger partial charge in [0.2, 0.25) is 5.71 Å². The van der Waals surface area contributed by atoms with Crippen LogP contribution in [0.15, 0.2) is 23.3 Å². The second kappa shape index (κ2) is 4.94. The van der Waals surface area contributed by atoms with E-state index in [0.717, 1.165) is 11.3 Å². The third-order valence-electron chi connectivity index (χ3n) is 2.16. The Labute approximate surface area is 94.1 Å². The molecule has 0 radical (unpaired) electrons. The highest BCUT2D eigenvalue weighted by molar-refractivity contribution is 6.45. The van der Waals surface area contributed by atoms with E-state index in [0.29, 0.717) is 0 Å². The van der Waals surface area contributed by atoms with Crippen molar-refractivity contribution in [3.05, 3.63) is 29.3 Å². The van der Waals surface area contributed by atoms with Gasteiger partial charge in [-0.15, -0.1) is 0 Å². The third-order valence-corrected chi connectivity index (χ3v) is 2.16. The zero-order chi connectivity index (χ0) is 12.1. The molecule has 0 aliphatic carbocycles. The highest BCUT2D eigenvalue weighted by Gasteiger charge is 2.01. The Balaban J connectivity index is 2.86. The Kier molecular flexibility index (Phi) is 3.62. The number of anilines is 1. The molecule has 1 aromatic rings. The lowest BCUT2D eigenvalue weighted by molar-refractivity contribution is 1.29. The van der Waals surface area contributed by atoms with Crippen LogP contribution >= 0.6 is 0 Å². The first-order valence-corrected chi connectivity index (χ1v) is 4.70. The van der Waals surface area contributed by atoms with E-state index in [1.54, 1.807) is 6.07 Å². The van der Waals surface area contributed by atoms with Crippen molar-refractivity contribution >= 4 is 17.2 Å². The molecule has 5 heteroatoms. The van der Waals surface area contributed by atoms with E-state index in [1.807, 2.05) is 32.0 Å². The molecule has 0 aliphatic heterocycles. The summed E-state index contributed by atoms with van der Waals surface area (Å²) in [5.41, 5.74) is 10.8. The predicted molar refractivity (Wildman–Crippen MR) is 64.5 cm³/mol. The average Bonchev–Trinajstić information content (AvgIpc) is 2.23. The number of hydrogen-bond donors (Lipinski definition) is 3. The summed E-state index contributed by atoms with van der Waals surface area (Å²) < 4.78 is 0. The van der Waals surface area contributed by atoms with Crippen molar-refractivity contribution in [1.82, 2.24) is 0 Å². The highest BCUT2D eigenvalue weighted by atomic mass is 15.3. The van der Waals surface area contributed by atoms with Crippen LogP contribution < -0.4 is 11.2 Å². The van der Waals surface area contributed by atoms with Crippen LogP contribution in [0.3, 0.4) is 0 Å². The van der Waals surface area contributed by atoms with Crippen molar-refractivity contribution in [2.24, 2.45) is 10.8 Å². The van der Waals surface area contributed by atoms with Gasteiger partial charge in [0.15, 0.2) is 5.84 Å². The van der Waals surface area contributed by atoms with Crippen LogP contribution in [0.5, 0.6) is 0 Å². The van der Waals surface area contributed by atoms with Crippen LogP contribution in [-0.4, -0.2) is 11.5 Å². The van der Waals surface area contributed by atoms with E-state index in [2.05, 4.69) is 10.5 Å². The molecule has 0 aliphatic rings. The summed E-state index contributed by atoms with van der Waals surface area (Å²) in [5.74, 6) is -0.348. The van der Waals surface area contributed by atoms with Gasteiger partial charge in [0.25, 0.3) is 0 Å². The fourth-order valence-corrected chi connectivity index (χ4v) is 1.08. The standard InChI is InChI=1S/C11H13N5/c1-7-3-4-9(5-8(7)2)15-16-10(6-12)11(13)14/h3-5,15H,1-2H3,(H3,13,14)/b16-10+. The topological polar surface area (TPSA) is 98.0 Å². The summed E-state index contributed by atoms with van der Waals surface area (Å²) in [5, 5.41) is 19.4. The summed E-state index contributed by atoms with van der Waals surface area (Å²) in [6.45, 7) is 4.00. The fourth-order valence-electron chi connectivity index (χ4n) is 1.08. The normalized spacial score (nSPS) is 10.7. The molecule has 0 bridgehead atoms. The van der Waals surface area contributed by atoms with Crippen molar-refractivity contribution in [3.8, 4) is 6.07 Å². The maximum Gasteiger partial charge on any atom is 0.201 e. The van der Waals surface area contributed by atoms with E-state index in [9.17, 15) is 0 Å². The lowest BCUT2D eigenvalue weighted by atomic mass is 10.1. The van der Waals surface area contributed by atoms with E-state index >= 15 is 0 Å². The molecule has 0 fully saturated rings. The quantitative estimate of drug-likeness (QED) is 0.405. The van der Waals surface area contributed by atoms with Gasteiger partial charge in [-0.2, -0.15) is 10.4 Å². The maximum absolute atomic E-state index is 8.63. The second-order valence-corrected chi connectivity index (χ2v) is 3.40. The number of aryl methyl sites for hydroxylation is 2. The molecule has 1 rings (SSSR count). The molecule has 5 nitrogen and oxygen atoms in total. The Hall–Kier alpha value is -2.35. The summed E-state index contributed by atoms with van der Waals surface area (Å²) in [4.78, 5) is 0. The molecule has 0 saturated carbocycles. The largest absolute Gasteiger partial charge is 0.382 e. The summed E-state index contributed by atoms with van der Waals surface area (Å²) in [6, 6.07) is 7.45. The van der Waals surface area contributed by atoms with E-state index in [4.69, 9.17) is 16.4 Å². The van der Waals surface area contributed by atoms with Crippen LogP contribution in [0.25, 0.3) is 0 Å². The number of hydrogen-bond acceptors (Lipinski definition) is 4. The monoisotopic (exact) mass is 215 g/mol. The van der Waals surface area contributed by atoms with Crippen LogP contribution in [0.1, 0.15) is 11.1 Å². The number of amidine groups is 1. The van der Waals surface area contributed by atoms with Crippen molar-refractivity contribution < 1.29 is 0 Å². The molecule has 0 amide bonds. The first kappa shape index (κ1) is 11.7. The highest BCUT2D eigenvalue weighted by Crippen LogP contribution is 2.13. The summed E-state index contributed by atoms with van der Waals surface area (Å²) in [6.07, 6.45) is 0. The van der Waals surface area contributed by atoms with E-state index < -0.39 is 0 Å². The SMILES string of the molecule is Cc1ccc(N/N=C(\C#N)C(=N)N)cc1C. The zero-order valence-corrected chi connectivity index (χ0v) is 9.20. The van der Waals surface area contributed by atoms with Gasteiger partial charge in [0, 0.05) is 0 Å². The molecular weight excluding hydrogens is 202 g/mol. The van der Waals surface area contributed by atoms with Crippen LogP contribution in [0.4, 0.5) is 5.69 Å². The molecule has 1 aromatic carbocycles. The van der Waals surface area contributed by atoms with Crippen molar-refractivity contribution in [2.75, 3.05) is 5.43 Å². The number of hydrazone groups is 1. The van der Waals surface area contributed by atoms with Crippen LogP contribution in [0, 0.1) is 30.6 Å². The minimum Gasteiger partial charge on any atom is -0.382 e. The first-order valence-electron chi connectivity index (χ1n) is 4.70. The number of nitrogens with one attached hydrogen (secondary N) is 2. The fraction of sp³-hybridized carbons (Fsp3) is 0.182. The van der Waals surface area contributed by atoms with Gasteiger partial charge in [0.05, 0.1) is 5.69 Å². The van der Waals surface area contributed by atoms with Gasteiger partial charge < -0.3 is 5.73 Å². The third kappa shape index (κ3) is 2.82. The molecule has 0 saturated heterocycles.